The van der Waals surface area contributed by atoms with E-state index in [-0.39, 0.29) is 18.9 Å². The second-order valence-electron chi connectivity index (χ2n) is 7.12. The number of hydrogen-bond donors (Lipinski definition) is 2. The van der Waals surface area contributed by atoms with Crippen LogP contribution in [-0.4, -0.2) is 56.9 Å². The number of ether oxygens (including phenoxy) is 5. The van der Waals surface area contributed by atoms with E-state index in [1.165, 1.54) is 0 Å². The average molecular weight is 416 g/mol. The molecule has 0 fully saturated rings. The molecule has 168 valence electrons. The first-order valence-corrected chi connectivity index (χ1v) is 9.66. The van der Waals surface area contributed by atoms with Crippen LogP contribution in [0.2, 0.25) is 0 Å². The fourth-order valence-electron chi connectivity index (χ4n) is 2.06. The quantitative estimate of drug-likeness (QED) is 0.594. The van der Waals surface area contributed by atoms with Gasteiger partial charge in [0, 0.05) is 24.8 Å². The SMILES string of the molecule is CC(CO)NC(=O)OC(C)(C)C.CCOC(OCC)c1cc(OC)cc(OC)c1. The molecule has 0 saturated carbocycles. The second kappa shape index (κ2) is 14.0. The molecule has 1 aromatic rings. The standard InChI is InChI=1S/C13H20O4.C8H17NO3/c1-5-16-13(17-6-2)10-7-11(14-3)9-12(8-10)15-4;1-6(5-10)9-7(11)12-8(2,3)4/h7-9,13H,5-6H2,1-4H3;6,10H,5H2,1-4H3,(H,9,11). The molecule has 0 aliphatic rings. The molecule has 0 bridgehead atoms. The molecular weight excluding hydrogens is 378 g/mol. The molecule has 1 unspecified atom stereocenters. The van der Waals surface area contributed by atoms with Gasteiger partial charge in [0.05, 0.1) is 26.9 Å². The zero-order valence-corrected chi connectivity index (χ0v) is 18.9. The summed E-state index contributed by atoms with van der Waals surface area (Å²) in [4.78, 5) is 11.0. The average Bonchev–Trinajstić information content (AvgIpc) is 2.66. The van der Waals surface area contributed by atoms with Crippen molar-refractivity contribution in [3.05, 3.63) is 23.8 Å². The first-order chi connectivity index (χ1) is 13.6. The fourth-order valence-corrected chi connectivity index (χ4v) is 2.06. The third kappa shape index (κ3) is 12.2. The Balaban J connectivity index is 0.000000578. The number of nitrogens with one attached hydrogen (secondary N) is 1. The summed E-state index contributed by atoms with van der Waals surface area (Å²) in [6.07, 6.45) is -0.877. The monoisotopic (exact) mass is 415 g/mol. The Morgan fingerprint density at radius 2 is 1.52 bits per heavy atom. The first-order valence-electron chi connectivity index (χ1n) is 9.66. The van der Waals surface area contributed by atoms with Gasteiger partial charge in [-0.2, -0.15) is 0 Å². The summed E-state index contributed by atoms with van der Waals surface area (Å²) in [6, 6.07) is 5.33. The Morgan fingerprint density at radius 3 is 1.86 bits per heavy atom. The van der Waals surface area contributed by atoms with Crippen LogP contribution in [0.1, 0.15) is 53.4 Å². The zero-order chi connectivity index (χ0) is 22.4. The number of rotatable bonds is 9. The molecule has 8 heteroatoms. The maximum atomic E-state index is 11.0. The van der Waals surface area contributed by atoms with Crippen LogP contribution >= 0.6 is 0 Å². The lowest BCUT2D eigenvalue weighted by atomic mass is 10.2. The van der Waals surface area contributed by atoms with Crippen molar-refractivity contribution in [1.82, 2.24) is 5.32 Å². The number of carbonyl (C=O) groups excluding carboxylic acids is 1. The van der Waals surface area contributed by atoms with Crippen molar-refractivity contribution >= 4 is 6.09 Å². The number of aliphatic hydroxyl groups excluding tert-OH is 1. The van der Waals surface area contributed by atoms with Crippen LogP contribution in [-0.2, 0) is 14.2 Å². The summed E-state index contributed by atoms with van der Waals surface area (Å²) in [6.45, 7) is 12.0. The lowest BCUT2D eigenvalue weighted by Crippen LogP contribution is -2.39. The Bertz CT molecular complexity index is 559. The maximum absolute atomic E-state index is 11.0. The molecule has 2 N–H and O–H groups in total. The highest BCUT2D eigenvalue weighted by Gasteiger charge is 2.17. The summed E-state index contributed by atoms with van der Waals surface area (Å²) < 4.78 is 26.4. The number of methoxy groups -OCH3 is 2. The highest BCUT2D eigenvalue weighted by atomic mass is 16.7. The van der Waals surface area contributed by atoms with Gasteiger partial charge < -0.3 is 34.1 Å². The van der Waals surface area contributed by atoms with Gasteiger partial charge in [0.25, 0.3) is 0 Å². The minimum Gasteiger partial charge on any atom is -0.497 e. The van der Waals surface area contributed by atoms with Gasteiger partial charge in [-0.1, -0.05) is 0 Å². The lowest BCUT2D eigenvalue weighted by Gasteiger charge is -2.21. The number of carbonyl (C=O) groups is 1. The van der Waals surface area contributed by atoms with Crippen LogP contribution in [0.4, 0.5) is 4.79 Å². The van der Waals surface area contributed by atoms with Crippen LogP contribution in [0.15, 0.2) is 18.2 Å². The summed E-state index contributed by atoms with van der Waals surface area (Å²) in [5, 5.41) is 11.1. The van der Waals surface area contributed by atoms with Crippen molar-refractivity contribution in [3.63, 3.8) is 0 Å². The summed E-state index contributed by atoms with van der Waals surface area (Å²) in [5.41, 5.74) is 0.407. The Hall–Kier alpha value is -2.03. The van der Waals surface area contributed by atoms with E-state index in [1.807, 2.05) is 32.0 Å². The third-order valence-electron chi connectivity index (χ3n) is 3.32. The van der Waals surface area contributed by atoms with Gasteiger partial charge in [0.1, 0.15) is 17.1 Å². The van der Waals surface area contributed by atoms with Gasteiger partial charge in [-0.3, -0.25) is 0 Å². The molecule has 0 spiro atoms. The van der Waals surface area contributed by atoms with Gasteiger partial charge in [-0.05, 0) is 53.7 Å². The van der Waals surface area contributed by atoms with Crippen LogP contribution in [0, 0.1) is 0 Å². The lowest BCUT2D eigenvalue weighted by molar-refractivity contribution is -0.140. The Morgan fingerprint density at radius 1 is 1.03 bits per heavy atom. The van der Waals surface area contributed by atoms with Crippen LogP contribution in [0.25, 0.3) is 0 Å². The minimum atomic E-state index is -0.496. The van der Waals surface area contributed by atoms with Crippen molar-refractivity contribution < 1.29 is 33.6 Å². The van der Waals surface area contributed by atoms with Crippen molar-refractivity contribution in [2.75, 3.05) is 34.0 Å². The molecule has 0 heterocycles. The van der Waals surface area contributed by atoms with E-state index >= 15 is 0 Å². The van der Waals surface area contributed by atoms with Crippen LogP contribution < -0.4 is 14.8 Å². The van der Waals surface area contributed by atoms with Crippen LogP contribution in [0.3, 0.4) is 0 Å². The van der Waals surface area contributed by atoms with E-state index in [0.717, 1.165) is 17.1 Å². The number of aliphatic hydroxyl groups is 1. The first kappa shape index (κ1) is 27.0. The van der Waals surface area contributed by atoms with E-state index in [1.54, 1.807) is 41.9 Å². The fraction of sp³-hybridized carbons (Fsp3) is 0.667. The van der Waals surface area contributed by atoms with Gasteiger partial charge >= 0.3 is 6.09 Å². The highest BCUT2D eigenvalue weighted by Crippen LogP contribution is 2.28. The van der Waals surface area contributed by atoms with Gasteiger partial charge in [-0.25, -0.2) is 4.79 Å². The van der Waals surface area contributed by atoms with E-state index in [2.05, 4.69) is 5.32 Å². The number of amides is 1. The molecule has 0 radical (unpaired) electrons. The number of hydrogen-bond acceptors (Lipinski definition) is 7. The Kier molecular flexibility index (Phi) is 13.0. The molecule has 29 heavy (non-hydrogen) atoms. The van der Waals surface area contributed by atoms with E-state index in [4.69, 9.17) is 28.8 Å². The van der Waals surface area contributed by atoms with Gasteiger partial charge in [-0.15, -0.1) is 0 Å². The smallest absolute Gasteiger partial charge is 0.407 e. The summed E-state index contributed by atoms with van der Waals surface area (Å²) >= 11 is 0. The molecule has 1 rings (SSSR count). The minimum absolute atomic E-state index is 0.0841. The predicted octanol–water partition coefficient (Wildman–Crippen LogP) is 3.67. The van der Waals surface area contributed by atoms with Crippen LogP contribution in [0.5, 0.6) is 11.5 Å². The number of benzene rings is 1. The molecule has 0 aromatic heterocycles. The molecule has 0 aliphatic carbocycles. The van der Waals surface area contributed by atoms with Crippen molar-refractivity contribution in [2.45, 2.75) is 59.5 Å². The van der Waals surface area contributed by atoms with Gasteiger partial charge in [0.15, 0.2) is 6.29 Å². The molecule has 8 nitrogen and oxygen atoms in total. The summed E-state index contributed by atoms with van der Waals surface area (Å²) in [5.74, 6) is 1.45. The predicted molar refractivity (Wildman–Crippen MR) is 111 cm³/mol. The molecule has 0 aliphatic heterocycles. The van der Waals surface area contributed by atoms with E-state index in [9.17, 15) is 4.79 Å². The van der Waals surface area contributed by atoms with Crippen molar-refractivity contribution in [2.24, 2.45) is 0 Å². The molecule has 1 aromatic carbocycles. The van der Waals surface area contributed by atoms with Gasteiger partial charge in [0.2, 0.25) is 0 Å². The third-order valence-corrected chi connectivity index (χ3v) is 3.32. The normalized spacial score (nSPS) is 11.9. The number of alkyl carbamates (subject to hydrolysis) is 1. The summed E-state index contributed by atoms with van der Waals surface area (Å²) in [7, 11) is 3.24. The highest BCUT2D eigenvalue weighted by molar-refractivity contribution is 5.68. The Labute approximate surface area is 174 Å². The molecule has 1 amide bonds. The van der Waals surface area contributed by atoms with E-state index in [0.29, 0.717) is 13.2 Å². The largest absolute Gasteiger partial charge is 0.497 e. The molecule has 0 saturated heterocycles. The molecule has 1 atom stereocenters. The molecular formula is C21H37NO7. The zero-order valence-electron chi connectivity index (χ0n) is 18.9. The van der Waals surface area contributed by atoms with Crippen molar-refractivity contribution in [1.29, 1.82) is 0 Å². The van der Waals surface area contributed by atoms with Crippen molar-refractivity contribution in [3.8, 4) is 11.5 Å². The second-order valence-corrected chi connectivity index (χ2v) is 7.12. The van der Waals surface area contributed by atoms with E-state index < -0.39 is 11.7 Å². The topological polar surface area (TPSA) is 95.5 Å². The maximum Gasteiger partial charge on any atom is 0.407 e.